The summed E-state index contributed by atoms with van der Waals surface area (Å²) in [5.74, 6) is 0.807. The van der Waals surface area contributed by atoms with Crippen molar-refractivity contribution in [3.63, 3.8) is 0 Å². The van der Waals surface area contributed by atoms with Gasteiger partial charge in [-0.2, -0.15) is 0 Å². The normalized spacial score (nSPS) is 31.0. The van der Waals surface area contributed by atoms with Crippen molar-refractivity contribution in [2.75, 3.05) is 20.3 Å². The molecule has 2 heterocycles. The van der Waals surface area contributed by atoms with E-state index in [9.17, 15) is 0 Å². The smallest absolute Gasteiger partial charge is 0.0701 e. The van der Waals surface area contributed by atoms with E-state index in [0.717, 1.165) is 25.2 Å². The van der Waals surface area contributed by atoms with Crippen LogP contribution in [0.1, 0.15) is 30.6 Å². The summed E-state index contributed by atoms with van der Waals surface area (Å²) in [5.41, 5.74) is 0.329. The van der Waals surface area contributed by atoms with Crippen molar-refractivity contribution in [1.29, 1.82) is 0 Å². The van der Waals surface area contributed by atoms with E-state index in [2.05, 4.69) is 40.4 Å². The van der Waals surface area contributed by atoms with Crippen molar-refractivity contribution >= 4 is 27.3 Å². The molecule has 1 aromatic rings. The highest BCUT2D eigenvalue weighted by Gasteiger charge is 2.48. The summed E-state index contributed by atoms with van der Waals surface area (Å²) >= 11 is 5.48. The van der Waals surface area contributed by atoms with Gasteiger partial charge in [-0.15, -0.1) is 11.3 Å². The molecule has 0 radical (unpaired) electrons. The van der Waals surface area contributed by atoms with Crippen molar-refractivity contribution in [3.8, 4) is 0 Å². The van der Waals surface area contributed by atoms with Gasteiger partial charge in [0.25, 0.3) is 0 Å². The Bertz CT molecular complexity index is 408. The van der Waals surface area contributed by atoms with E-state index >= 15 is 0 Å². The maximum absolute atomic E-state index is 5.58. The molecule has 1 aromatic heterocycles. The van der Waals surface area contributed by atoms with E-state index in [4.69, 9.17) is 4.74 Å². The minimum atomic E-state index is 0.329. The predicted octanol–water partition coefficient (Wildman–Crippen LogP) is 3.56. The van der Waals surface area contributed by atoms with Gasteiger partial charge in [0.15, 0.2) is 0 Å². The first-order chi connectivity index (χ1) is 8.74. The Hall–Kier alpha value is 0.1000. The van der Waals surface area contributed by atoms with E-state index in [1.807, 2.05) is 11.3 Å². The summed E-state index contributed by atoms with van der Waals surface area (Å²) in [4.78, 5) is 1.52. The molecule has 0 bridgehead atoms. The number of rotatable bonds is 3. The van der Waals surface area contributed by atoms with Gasteiger partial charge in [0.05, 0.1) is 22.4 Å². The van der Waals surface area contributed by atoms with Gasteiger partial charge in [0, 0.05) is 10.9 Å². The lowest BCUT2D eigenvalue weighted by Crippen LogP contribution is -2.53. The van der Waals surface area contributed by atoms with Crippen molar-refractivity contribution in [3.05, 3.63) is 20.8 Å². The summed E-state index contributed by atoms with van der Waals surface area (Å²) in [6.45, 7) is 1.85. The second-order valence-electron chi connectivity index (χ2n) is 5.59. The van der Waals surface area contributed by atoms with Crippen LogP contribution in [0.5, 0.6) is 0 Å². The fourth-order valence-electron chi connectivity index (χ4n) is 3.42. The van der Waals surface area contributed by atoms with Gasteiger partial charge in [-0.25, -0.2) is 0 Å². The summed E-state index contributed by atoms with van der Waals surface area (Å²) in [7, 11) is 2.09. The molecular formula is C14H20BrNOS. The van der Waals surface area contributed by atoms with Gasteiger partial charge < -0.3 is 10.1 Å². The highest BCUT2D eigenvalue weighted by molar-refractivity contribution is 9.11. The highest BCUT2D eigenvalue weighted by Crippen LogP contribution is 2.48. The van der Waals surface area contributed by atoms with Gasteiger partial charge in [0.1, 0.15) is 0 Å². The number of halogens is 1. The van der Waals surface area contributed by atoms with Crippen molar-refractivity contribution in [2.45, 2.75) is 37.1 Å². The molecule has 1 N–H and O–H groups in total. The standard InChI is InChI=1S/C14H20BrNOS/c1-16-11-4-2-10(3-5-11)14(8-17-9-14)12-6-7-13(15)18-12/h6-7,10-11,16H,2-5,8-9H2,1H3. The van der Waals surface area contributed by atoms with Crippen LogP contribution >= 0.6 is 27.3 Å². The van der Waals surface area contributed by atoms with Crippen LogP contribution in [0.15, 0.2) is 15.9 Å². The van der Waals surface area contributed by atoms with Crippen molar-refractivity contribution < 1.29 is 4.74 Å². The maximum Gasteiger partial charge on any atom is 0.0701 e. The molecule has 1 aliphatic heterocycles. The Balaban J connectivity index is 1.76. The van der Waals surface area contributed by atoms with Gasteiger partial charge in [-0.05, 0) is 66.7 Å². The van der Waals surface area contributed by atoms with E-state index in [-0.39, 0.29) is 0 Å². The molecule has 0 aromatic carbocycles. The molecule has 1 aliphatic carbocycles. The number of ether oxygens (including phenoxy) is 1. The lowest BCUT2D eigenvalue weighted by molar-refractivity contribution is -0.0969. The van der Waals surface area contributed by atoms with Crippen LogP contribution in [-0.2, 0) is 10.2 Å². The third kappa shape index (κ3) is 2.17. The van der Waals surface area contributed by atoms with E-state index in [1.54, 1.807) is 0 Å². The first kappa shape index (κ1) is 13.1. The second-order valence-corrected chi connectivity index (χ2v) is 8.05. The number of hydrogen-bond donors (Lipinski definition) is 1. The molecule has 0 atom stereocenters. The third-order valence-electron chi connectivity index (χ3n) is 4.70. The van der Waals surface area contributed by atoms with E-state index < -0.39 is 0 Å². The summed E-state index contributed by atoms with van der Waals surface area (Å²) < 4.78 is 6.83. The quantitative estimate of drug-likeness (QED) is 0.915. The molecule has 4 heteroatoms. The molecule has 2 aliphatic rings. The van der Waals surface area contributed by atoms with Crippen molar-refractivity contribution in [2.24, 2.45) is 5.92 Å². The highest BCUT2D eigenvalue weighted by atomic mass is 79.9. The van der Waals surface area contributed by atoms with Crippen LogP contribution in [0, 0.1) is 5.92 Å². The Kier molecular flexibility index (Phi) is 3.81. The summed E-state index contributed by atoms with van der Waals surface area (Å²) in [5, 5.41) is 3.42. The minimum Gasteiger partial charge on any atom is -0.379 e. The molecule has 1 saturated carbocycles. The topological polar surface area (TPSA) is 21.3 Å². The molecular weight excluding hydrogens is 310 g/mol. The zero-order chi connectivity index (χ0) is 12.6. The van der Waals surface area contributed by atoms with Crippen molar-refractivity contribution in [1.82, 2.24) is 5.32 Å². The SMILES string of the molecule is CNC1CCC(C2(c3ccc(Br)s3)COC2)CC1. The molecule has 0 amide bonds. The van der Waals surface area contributed by atoms with Gasteiger partial charge in [-0.3, -0.25) is 0 Å². The van der Waals surface area contributed by atoms with Gasteiger partial charge in [-0.1, -0.05) is 0 Å². The molecule has 0 unspecified atom stereocenters. The number of nitrogens with one attached hydrogen (secondary N) is 1. The average molecular weight is 330 g/mol. The first-order valence-electron chi connectivity index (χ1n) is 6.75. The molecule has 2 fully saturated rings. The fourth-order valence-corrected chi connectivity index (χ4v) is 5.04. The van der Waals surface area contributed by atoms with Crippen LogP contribution in [0.3, 0.4) is 0 Å². The predicted molar refractivity (Wildman–Crippen MR) is 79.3 cm³/mol. The maximum atomic E-state index is 5.58. The molecule has 3 rings (SSSR count). The van der Waals surface area contributed by atoms with Crippen LogP contribution in [0.4, 0.5) is 0 Å². The van der Waals surface area contributed by atoms with E-state index in [1.165, 1.54) is 34.3 Å². The lowest BCUT2D eigenvalue weighted by atomic mass is 9.66. The zero-order valence-corrected chi connectivity index (χ0v) is 13.1. The molecule has 100 valence electrons. The minimum absolute atomic E-state index is 0.329. The zero-order valence-electron chi connectivity index (χ0n) is 10.7. The third-order valence-corrected chi connectivity index (χ3v) is 6.54. The Morgan fingerprint density at radius 2 is 2.00 bits per heavy atom. The monoisotopic (exact) mass is 329 g/mol. The molecule has 0 spiro atoms. The van der Waals surface area contributed by atoms with Gasteiger partial charge >= 0.3 is 0 Å². The Labute approximate surface area is 121 Å². The average Bonchev–Trinajstić information content (AvgIpc) is 2.76. The van der Waals surface area contributed by atoms with Crippen LogP contribution in [-0.4, -0.2) is 26.3 Å². The molecule has 2 nitrogen and oxygen atoms in total. The van der Waals surface area contributed by atoms with Crippen LogP contribution in [0.25, 0.3) is 0 Å². The largest absolute Gasteiger partial charge is 0.379 e. The Morgan fingerprint density at radius 1 is 1.28 bits per heavy atom. The number of thiophene rings is 1. The number of hydrogen-bond acceptors (Lipinski definition) is 3. The van der Waals surface area contributed by atoms with Crippen LogP contribution < -0.4 is 5.32 Å². The second kappa shape index (κ2) is 5.23. The summed E-state index contributed by atoms with van der Waals surface area (Å²) in [6, 6.07) is 5.20. The first-order valence-corrected chi connectivity index (χ1v) is 8.36. The van der Waals surface area contributed by atoms with Gasteiger partial charge in [0.2, 0.25) is 0 Å². The van der Waals surface area contributed by atoms with Crippen LogP contribution in [0.2, 0.25) is 0 Å². The molecule has 18 heavy (non-hydrogen) atoms. The molecule has 1 saturated heterocycles. The summed E-state index contributed by atoms with van der Waals surface area (Å²) in [6.07, 6.45) is 5.31. The van der Waals surface area contributed by atoms with E-state index in [0.29, 0.717) is 5.41 Å². The lowest BCUT2D eigenvalue weighted by Gasteiger charge is -2.49. The Morgan fingerprint density at radius 3 is 2.44 bits per heavy atom. The fraction of sp³-hybridized carbons (Fsp3) is 0.714.